The third-order valence-corrected chi connectivity index (χ3v) is 4.05. The molecular formula is C13H11BrF2N2O. The summed E-state index contributed by atoms with van der Waals surface area (Å²) in [7, 11) is 1.72. The van der Waals surface area contributed by atoms with Crippen LogP contribution in [0, 0.1) is 11.6 Å². The van der Waals surface area contributed by atoms with Gasteiger partial charge in [0.25, 0.3) is 0 Å². The Morgan fingerprint density at radius 1 is 1.37 bits per heavy atom. The van der Waals surface area contributed by atoms with Crippen LogP contribution in [-0.2, 0) is 17.8 Å². The van der Waals surface area contributed by atoms with Crippen LogP contribution in [-0.4, -0.2) is 18.6 Å². The topological polar surface area (TPSA) is 34.2 Å². The Morgan fingerprint density at radius 3 is 2.89 bits per heavy atom. The third-order valence-electron chi connectivity index (χ3n) is 3.27. The first kappa shape index (κ1) is 12.7. The molecular weight excluding hydrogens is 318 g/mol. The second-order valence-corrected chi connectivity index (χ2v) is 5.14. The standard InChI is InChI=1S/C13H11BrF2N2O/c1-17-12-6-5-19-3-2-9(6)18-13-8(16)4-7(15)11(14)10(12)13/h4H,2-3,5H2,1H3,(H,17,18). The first-order valence-electron chi connectivity index (χ1n) is 5.88. The predicted molar refractivity (Wildman–Crippen MR) is 72.3 cm³/mol. The van der Waals surface area contributed by atoms with E-state index in [9.17, 15) is 8.78 Å². The quantitative estimate of drug-likeness (QED) is 0.815. The molecule has 2 heterocycles. The molecule has 0 bridgehead atoms. The fourth-order valence-electron chi connectivity index (χ4n) is 2.40. The molecule has 0 amide bonds. The molecule has 1 aliphatic rings. The van der Waals surface area contributed by atoms with Gasteiger partial charge in [0.15, 0.2) is 5.82 Å². The van der Waals surface area contributed by atoms with E-state index < -0.39 is 11.6 Å². The number of benzene rings is 1. The van der Waals surface area contributed by atoms with E-state index in [0.717, 1.165) is 17.3 Å². The Hall–Kier alpha value is -1.27. The number of nitrogens with one attached hydrogen (secondary N) is 1. The van der Waals surface area contributed by atoms with Gasteiger partial charge in [0.1, 0.15) is 11.3 Å². The average Bonchev–Trinajstić information content (AvgIpc) is 2.42. The normalized spacial score (nSPS) is 14.5. The summed E-state index contributed by atoms with van der Waals surface area (Å²) in [5.74, 6) is -1.29. The van der Waals surface area contributed by atoms with Crippen molar-refractivity contribution < 1.29 is 13.5 Å². The highest BCUT2D eigenvalue weighted by atomic mass is 79.9. The van der Waals surface area contributed by atoms with Gasteiger partial charge in [-0.15, -0.1) is 0 Å². The largest absolute Gasteiger partial charge is 0.387 e. The van der Waals surface area contributed by atoms with Gasteiger partial charge in [-0.25, -0.2) is 13.8 Å². The highest BCUT2D eigenvalue weighted by Crippen LogP contribution is 2.38. The van der Waals surface area contributed by atoms with Gasteiger partial charge in [0.2, 0.25) is 0 Å². The zero-order valence-corrected chi connectivity index (χ0v) is 11.8. The van der Waals surface area contributed by atoms with Crippen molar-refractivity contribution in [3.8, 4) is 0 Å². The SMILES string of the molecule is CNc1c2c(nc3c(F)cc(F)c(Br)c13)CCOC2. The van der Waals surface area contributed by atoms with Crippen molar-refractivity contribution in [2.24, 2.45) is 0 Å². The predicted octanol–water partition coefficient (Wildman–Crippen LogP) is 3.39. The minimum Gasteiger partial charge on any atom is -0.387 e. The zero-order chi connectivity index (χ0) is 13.6. The molecule has 0 saturated carbocycles. The maximum Gasteiger partial charge on any atom is 0.152 e. The summed E-state index contributed by atoms with van der Waals surface area (Å²) >= 11 is 3.17. The summed E-state index contributed by atoms with van der Waals surface area (Å²) in [5, 5.41) is 3.43. The van der Waals surface area contributed by atoms with E-state index in [-0.39, 0.29) is 9.99 Å². The lowest BCUT2D eigenvalue weighted by Crippen LogP contribution is -2.15. The fourth-order valence-corrected chi connectivity index (χ4v) is 2.90. The monoisotopic (exact) mass is 328 g/mol. The van der Waals surface area contributed by atoms with Crippen LogP contribution in [0.3, 0.4) is 0 Å². The van der Waals surface area contributed by atoms with Crippen LogP contribution >= 0.6 is 15.9 Å². The van der Waals surface area contributed by atoms with Crippen LogP contribution in [0.5, 0.6) is 0 Å². The highest BCUT2D eigenvalue weighted by Gasteiger charge is 2.22. The summed E-state index contributed by atoms with van der Waals surface area (Å²) in [6.45, 7) is 0.970. The number of fused-ring (bicyclic) bond motifs is 2. The number of anilines is 1. The summed E-state index contributed by atoms with van der Waals surface area (Å²) in [5.41, 5.74) is 2.52. The van der Waals surface area contributed by atoms with E-state index in [0.29, 0.717) is 30.7 Å². The van der Waals surface area contributed by atoms with Gasteiger partial charge in [-0.2, -0.15) is 0 Å². The lowest BCUT2D eigenvalue weighted by molar-refractivity contribution is 0.110. The first-order chi connectivity index (χ1) is 9.13. The molecule has 2 aromatic rings. The van der Waals surface area contributed by atoms with E-state index in [1.165, 1.54) is 0 Å². The third kappa shape index (κ3) is 1.90. The number of nitrogens with zero attached hydrogens (tertiary/aromatic N) is 1. The molecule has 0 aliphatic carbocycles. The van der Waals surface area contributed by atoms with Crippen molar-refractivity contribution in [2.45, 2.75) is 13.0 Å². The first-order valence-corrected chi connectivity index (χ1v) is 6.67. The van der Waals surface area contributed by atoms with E-state index in [2.05, 4.69) is 26.2 Å². The van der Waals surface area contributed by atoms with Gasteiger partial charge >= 0.3 is 0 Å². The number of pyridine rings is 1. The van der Waals surface area contributed by atoms with E-state index >= 15 is 0 Å². The molecule has 0 unspecified atom stereocenters. The lowest BCUT2D eigenvalue weighted by Gasteiger charge is -2.21. The molecule has 19 heavy (non-hydrogen) atoms. The number of hydrogen-bond donors (Lipinski definition) is 1. The van der Waals surface area contributed by atoms with Crippen LogP contribution in [0.1, 0.15) is 11.3 Å². The molecule has 3 rings (SSSR count). The van der Waals surface area contributed by atoms with Crippen molar-refractivity contribution in [1.82, 2.24) is 4.98 Å². The smallest absolute Gasteiger partial charge is 0.152 e. The van der Waals surface area contributed by atoms with Crippen LogP contribution < -0.4 is 5.32 Å². The second-order valence-electron chi connectivity index (χ2n) is 4.34. The van der Waals surface area contributed by atoms with Crippen molar-refractivity contribution in [3.63, 3.8) is 0 Å². The Balaban J connectivity index is 2.47. The molecule has 3 nitrogen and oxygen atoms in total. The van der Waals surface area contributed by atoms with Crippen molar-refractivity contribution in [2.75, 3.05) is 19.0 Å². The Labute approximate surface area is 117 Å². The van der Waals surface area contributed by atoms with Crippen LogP contribution in [0.4, 0.5) is 14.5 Å². The molecule has 1 N–H and O–H groups in total. The van der Waals surface area contributed by atoms with E-state index in [1.807, 2.05) is 0 Å². The van der Waals surface area contributed by atoms with Gasteiger partial charge in [0, 0.05) is 30.5 Å². The molecule has 0 atom stereocenters. The van der Waals surface area contributed by atoms with Crippen molar-refractivity contribution >= 4 is 32.5 Å². The Kier molecular flexibility index (Phi) is 3.14. The van der Waals surface area contributed by atoms with Gasteiger partial charge < -0.3 is 10.1 Å². The van der Waals surface area contributed by atoms with Gasteiger partial charge in [-0.05, 0) is 15.9 Å². The van der Waals surface area contributed by atoms with Crippen LogP contribution in [0.25, 0.3) is 10.9 Å². The van der Waals surface area contributed by atoms with Crippen molar-refractivity contribution in [1.29, 1.82) is 0 Å². The van der Waals surface area contributed by atoms with Gasteiger partial charge in [0.05, 0.1) is 29.1 Å². The molecule has 0 fully saturated rings. The maximum absolute atomic E-state index is 13.9. The molecule has 1 aromatic heterocycles. The molecule has 0 radical (unpaired) electrons. The summed E-state index contributed by atoms with van der Waals surface area (Å²) in [6.07, 6.45) is 0.633. The minimum absolute atomic E-state index is 0.179. The van der Waals surface area contributed by atoms with Gasteiger partial charge in [-0.1, -0.05) is 0 Å². The molecule has 6 heteroatoms. The van der Waals surface area contributed by atoms with Crippen LogP contribution in [0.2, 0.25) is 0 Å². The number of aromatic nitrogens is 1. The molecule has 100 valence electrons. The zero-order valence-electron chi connectivity index (χ0n) is 10.2. The number of hydrogen-bond acceptors (Lipinski definition) is 3. The molecule has 1 aromatic carbocycles. The summed E-state index contributed by atoms with van der Waals surface area (Å²) in [4.78, 5) is 4.33. The minimum atomic E-state index is -0.651. The van der Waals surface area contributed by atoms with E-state index in [4.69, 9.17) is 4.74 Å². The summed E-state index contributed by atoms with van der Waals surface area (Å²) in [6, 6.07) is 0.852. The molecule has 1 aliphatic heterocycles. The van der Waals surface area contributed by atoms with E-state index in [1.54, 1.807) is 7.05 Å². The van der Waals surface area contributed by atoms with Crippen LogP contribution in [0.15, 0.2) is 10.5 Å². The fraction of sp³-hybridized carbons (Fsp3) is 0.308. The summed E-state index contributed by atoms with van der Waals surface area (Å²) < 4.78 is 33.2. The second kappa shape index (κ2) is 4.68. The average molecular weight is 329 g/mol. The van der Waals surface area contributed by atoms with Gasteiger partial charge in [-0.3, -0.25) is 0 Å². The highest BCUT2D eigenvalue weighted by molar-refractivity contribution is 9.10. The number of halogens is 3. The lowest BCUT2D eigenvalue weighted by atomic mass is 10.0. The molecule has 0 spiro atoms. The van der Waals surface area contributed by atoms with Crippen molar-refractivity contribution in [3.05, 3.63) is 33.4 Å². The Bertz CT molecular complexity index is 676. The number of rotatable bonds is 1. The Morgan fingerprint density at radius 2 is 2.16 bits per heavy atom. The molecule has 0 saturated heterocycles. The number of ether oxygens (including phenoxy) is 1. The maximum atomic E-state index is 13.9.